The zero-order valence-corrected chi connectivity index (χ0v) is 17.0. The van der Waals surface area contributed by atoms with Crippen molar-refractivity contribution >= 4 is 12.0 Å². The molecule has 3 heteroatoms. The summed E-state index contributed by atoms with van der Waals surface area (Å²) in [6.45, 7) is 2.09. The molecule has 0 fully saturated rings. The smallest absolute Gasteiger partial charge is 0.335 e. The van der Waals surface area contributed by atoms with Crippen LogP contribution in [0, 0.1) is 5.92 Å². The number of carbonyl (C=O) groups is 1. The third-order valence-electron chi connectivity index (χ3n) is 5.48. The summed E-state index contributed by atoms with van der Waals surface area (Å²) in [5.41, 5.74) is 6.18. The lowest BCUT2D eigenvalue weighted by molar-refractivity contribution is -0.133. The van der Waals surface area contributed by atoms with Crippen molar-refractivity contribution in [3.63, 3.8) is 0 Å². The number of fused-ring (bicyclic) bond motifs is 3. The summed E-state index contributed by atoms with van der Waals surface area (Å²) in [6, 6.07) is 12.6. The maximum absolute atomic E-state index is 12.2. The van der Waals surface area contributed by atoms with Gasteiger partial charge >= 0.3 is 5.97 Å². The highest BCUT2D eigenvalue weighted by Crippen LogP contribution is 2.36. The third-order valence-corrected chi connectivity index (χ3v) is 5.48. The molecule has 1 atom stereocenters. The first-order chi connectivity index (χ1) is 14.1. The second kappa shape index (κ2) is 8.52. The van der Waals surface area contributed by atoms with Crippen LogP contribution in [0.5, 0.6) is 5.75 Å². The number of benzene rings is 2. The van der Waals surface area contributed by atoms with Gasteiger partial charge < -0.3 is 9.47 Å². The number of methoxy groups -OCH3 is 1. The largest absolute Gasteiger partial charge is 0.497 e. The molecule has 0 amide bonds. The number of esters is 1. The summed E-state index contributed by atoms with van der Waals surface area (Å²) < 4.78 is 10.9. The van der Waals surface area contributed by atoms with Gasteiger partial charge in [-0.05, 0) is 77.3 Å². The molecule has 0 saturated heterocycles. The van der Waals surface area contributed by atoms with Gasteiger partial charge in [-0.15, -0.1) is 0 Å². The van der Waals surface area contributed by atoms with Gasteiger partial charge in [-0.25, -0.2) is 4.79 Å². The van der Waals surface area contributed by atoms with Gasteiger partial charge in [-0.3, -0.25) is 0 Å². The zero-order valence-electron chi connectivity index (χ0n) is 17.0. The highest BCUT2D eigenvalue weighted by Gasteiger charge is 2.16. The monoisotopic (exact) mass is 386 g/mol. The van der Waals surface area contributed by atoms with E-state index in [9.17, 15) is 4.79 Å². The first kappa shape index (κ1) is 19.3. The summed E-state index contributed by atoms with van der Waals surface area (Å²) in [5.74, 6) is 1.64. The maximum Gasteiger partial charge on any atom is 0.335 e. The van der Waals surface area contributed by atoms with Crippen LogP contribution in [-0.4, -0.2) is 13.1 Å². The second-order valence-corrected chi connectivity index (χ2v) is 7.65. The highest BCUT2D eigenvalue weighted by atomic mass is 16.5. The Morgan fingerprint density at radius 1 is 1.03 bits per heavy atom. The van der Waals surface area contributed by atoms with Gasteiger partial charge in [0, 0.05) is 12.5 Å². The predicted octanol–water partition coefficient (Wildman–Crippen LogP) is 5.89. The minimum absolute atomic E-state index is 0.299. The zero-order chi connectivity index (χ0) is 20.2. The summed E-state index contributed by atoms with van der Waals surface area (Å²) in [7, 11) is 1.70. The minimum atomic E-state index is -0.319. The molecule has 0 bridgehead atoms. The van der Waals surface area contributed by atoms with Crippen LogP contribution in [-0.2, 0) is 22.4 Å². The van der Waals surface area contributed by atoms with E-state index in [4.69, 9.17) is 9.47 Å². The summed E-state index contributed by atoms with van der Waals surface area (Å²) in [4.78, 5) is 12.2. The highest BCUT2D eigenvalue weighted by molar-refractivity contribution is 5.88. The van der Waals surface area contributed by atoms with E-state index < -0.39 is 0 Å². The van der Waals surface area contributed by atoms with Crippen LogP contribution in [0.1, 0.15) is 36.5 Å². The molecule has 0 spiro atoms. The Bertz CT molecular complexity index is 1010. The van der Waals surface area contributed by atoms with Gasteiger partial charge in [-0.2, -0.15) is 0 Å². The fourth-order valence-electron chi connectivity index (χ4n) is 4.00. The molecule has 0 radical (unpaired) electrons. The van der Waals surface area contributed by atoms with Crippen molar-refractivity contribution in [3.8, 4) is 16.9 Å². The molecule has 1 unspecified atom stereocenters. The van der Waals surface area contributed by atoms with Crippen LogP contribution < -0.4 is 4.74 Å². The Balaban J connectivity index is 1.47. The number of rotatable bonds is 4. The normalized spacial score (nSPS) is 17.9. The van der Waals surface area contributed by atoms with E-state index in [-0.39, 0.29) is 5.97 Å². The van der Waals surface area contributed by atoms with Gasteiger partial charge in [0.2, 0.25) is 0 Å². The summed E-state index contributed by atoms with van der Waals surface area (Å²) >= 11 is 0. The first-order valence-electron chi connectivity index (χ1n) is 10.2. The van der Waals surface area contributed by atoms with E-state index in [1.165, 1.54) is 28.3 Å². The van der Waals surface area contributed by atoms with Crippen molar-refractivity contribution < 1.29 is 14.3 Å². The third kappa shape index (κ3) is 4.51. The molecular formula is C26H26O3. The lowest BCUT2D eigenvalue weighted by Crippen LogP contribution is -2.04. The average molecular weight is 386 g/mol. The van der Waals surface area contributed by atoms with Gasteiger partial charge in [0.15, 0.2) is 0 Å². The SMILES string of the molecule is COc1ccc2c(c1)CCc1cc(/C=C/C(=O)OC3=CC(C)C=CCC3)ccc1-2. The lowest BCUT2D eigenvalue weighted by atomic mass is 9.84. The number of hydrogen-bond donors (Lipinski definition) is 0. The first-order valence-corrected chi connectivity index (χ1v) is 10.2. The average Bonchev–Trinajstić information content (AvgIpc) is 2.94. The molecule has 0 N–H and O–H groups in total. The van der Waals surface area contributed by atoms with E-state index in [0.717, 1.165) is 42.8 Å². The molecule has 0 heterocycles. The Morgan fingerprint density at radius 2 is 1.79 bits per heavy atom. The fraction of sp³-hybridized carbons (Fsp3) is 0.269. The molecular weight excluding hydrogens is 360 g/mol. The van der Waals surface area contributed by atoms with E-state index in [0.29, 0.717) is 5.92 Å². The van der Waals surface area contributed by atoms with Crippen molar-refractivity contribution in [1.82, 2.24) is 0 Å². The number of aryl methyl sites for hydroxylation is 2. The van der Waals surface area contributed by atoms with Crippen LogP contribution in [0.4, 0.5) is 0 Å². The van der Waals surface area contributed by atoms with Crippen molar-refractivity contribution in [1.29, 1.82) is 0 Å². The molecule has 4 rings (SSSR count). The number of carbonyl (C=O) groups excluding carboxylic acids is 1. The predicted molar refractivity (Wildman–Crippen MR) is 117 cm³/mol. The van der Waals surface area contributed by atoms with Crippen LogP contribution in [0.25, 0.3) is 17.2 Å². The van der Waals surface area contributed by atoms with Crippen LogP contribution in [0.2, 0.25) is 0 Å². The van der Waals surface area contributed by atoms with E-state index in [1.807, 2.05) is 18.2 Å². The Kier molecular flexibility index (Phi) is 5.66. The molecule has 2 aromatic carbocycles. The van der Waals surface area contributed by atoms with Crippen LogP contribution in [0.15, 0.2) is 66.5 Å². The summed E-state index contributed by atoms with van der Waals surface area (Å²) in [5, 5.41) is 0. The van der Waals surface area contributed by atoms with Crippen molar-refractivity contribution in [2.24, 2.45) is 5.92 Å². The minimum Gasteiger partial charge on any atom is -0.497 e. The Hall–Kier alpha value is -3.07. The van der Waals surface area contributed by atoms with Crippen molar-refractivity contribution in [2.75, 3.05) is 7.11 Å². The van der Waals surface area contributed by atoms with E-state index >= 15 is 0 Å². The van der Waals surface area contributed by atoms with Crippen LogP contribution in [0.3, 0.4) is 0 Å². The lowest BCUT2D eigenvalue weighted by Gasteiger charge is -2.21. The molecule has 29 heavy (non-hydrogen) atoms. The topological polar surface area (TPSA) is 35.5 Å². The Morgan fingerprint density at radius 3 is 2.59 bits per heavy atom. The molecule has 2 aliphatic rings. The fourth-order valence-corrected chi connectivity index (χ4v) is 4.00. The van der Waals surface area contributed by atoms with Gasteiger partial charge in [0.1, 0.15) is 11.5 Å². The number of hydrogen-bond acceptors (Lipinski definition) is 3. The standard InChI is InChI=1S/C26H26O3/c1-18-5-3-4-6-23(15-18)29-26(27)14-8-19-7-12-24-20(16-19)9-10-21-17-22(28-2)11-13-25(21)24/h3,5,7-8,11-18H,4,6,9-10H2,1-2H3/b14-8+. The summed E-state index contributed by atoms with van der Waals surface area (Å²) in [6.07, 6.45) is 13.3. The maximum atomic E-state index is 12.2. The van der Waals surface area contributed by atoms with Crippen molar-refractivity contribution in [3.05, 3.63) is 83.2 Å². The van der Waals surface area contributed by atoms with Gasteiger partial charge in [0.25, 0.3) is 0 Å². The van der Waals surface area contributed by atoms with E-state index in [2.05, 4.69) is 49.4 Å². The molecule has 148 valence electrons. The van der Waals surface area contributed by atoms with Gasteiger partial charge in [0.05, 0.1) is 7.11 Å². The van der Waals surface area contributed by atoms with Crippen LogP contribution >= 0.6 is 0 Å². The number of allylic oxidation sites excluding steroid dienone is 4. The van der Waals surface area contributed by atoms with Crippen molar-refractivity contribution in [2.45, 2.75) is 32.6 Å². The molecule has 3 nitrogen and oxygen atoms in total. The Labute approximate surface area is 172 Å². The molecule has 2 aromatic rings. The van der Waals surface area contributed by atoms with E-state index in [1.54, 1.807) is 7.11 Å². The second-order valence-electron chi connectivity index (χ2n) is 7.65. The quantitative estimate of drug-likeness (QED) is 0.373. The molecule has 0 aliphatic heterocycles. The number of ether oxygens (including phenoxy) is 2. The van der Waals surface area contributed by atoms with Gasteiger partial charge in [-0.1, -0.05) is 43.3 Å². The molecule has 0 aromatic heterocycles. The molecule has 0 saturated carbocycles. The molecule has 2 aliphatic carbocycles.